The fourth-order valence-electron chi connectivity index (χ4n) is 1.18. The van der Waals surface area contributed by atoms with Crippen LogP contribution in [-0.4, -0.2) is 11.7 Å². The van der Waals surface area contributed by atoms with E-state index in [1.54, 1.807) is 0 Å². The van der Waals surface area contributed by atoms with Crippen LogP contribution in [0.3, 0.4) is 0 Å². The predicted molar refractivity (Wildman–Crippen MR) is 33.7 cm³/mol. The summed E-state index contributed by atoms with van der Waals surface area (Å²) in [5.74, 6) is -0.299. The fraction of sp³-hybridized carbons (Fsp3) is 0.714. The second kappa shape index (κ2) is 2.97. The molecule has 1 aliphatic carbocycles. The summed E-state index contributed by atoms with van der Waals surface area (Å²) in [5.41, 5.74) is 0.831. The van der Waals surface area contributed by atoms with Crippen molar-refractivity contribution in [1.29, 1.82) is 0 Å². The van der Waals surface area contributed by atoms with Crippen molar-refractivity contribution < 1.29 is 9.50 Å². The molecule has 0 bridgehead atoms. The molecule has 1 rings (SSSR count). The van der Waals surface area contributed by atoms with Crippen LogP contribution in [0.25, 0.3) is 0 Å². The van der Waals surface area contributed by atoms with Gasteiger partial charge in [-0.15, -0.1) is 0 Å². The standard InChI is InChI=1S/C7H11FO/c8-7(5-9)6-3-1-2-4-6/h9H,1-5H2. The van der Waals surface area contributed by atoms with Gasteiger partial charge in [0, 0.05) is 0 Å². The van der Waals surface area contributed by atoms with Gasteiger partial charge in [0.2, 0.25) is 0 Å². The van der Waals surface area contributed by atoms with E-state index in [0.717, 1.165) is 31.3 Å². The van der Waals surface area contributed by atoms with E-state index < -0.39 is 6.61 Å². The second-order valence-corrected chi connectivity index (χ2v) is 2.37. The highest BCUT2D eigenvalue weighted by molar-refractivity contribution is 5.11. The highest BCUT2D eigenvalue weighted by Crippen LogP contribution is 2.26. The smallest absolute Gasteiger partial charge is 0.124 e. The molecule has 1 N–H and O–H groups in total. The normalized spacial score (nSPS) is 18.7. The topological polar surface area (TPSA) is 20.2 Å². The number of rotatable bonds is 1. The van der Waals surface area contributed by atoms with E-state index in [4.69, 9.17) is 5.11 Å². The van der Waals surface area contributed by atoms with Crippen LogP contribution in [0.5, 0.6) is 0 Å². The SMILES string of the molecule is OCC(F)=C1CCCC1. The summed E-state index contributed by atoms with van der Waals surface area (Å²) in [6.07, 6.45) is 3.88. The van der Waals surface area contributed by atoms with Gasteiger partial charge >= 0.3 is 0 Å². The third kappa shape index (κ3) is 1.52. The first-order valence-corrected chi connectivity index (χ1v) is 3.32. The maximum absolute atomic E-state index is 12.5. The molecule has 1 aliphatic rings. The Balaban J connectivity index is 2.55. The number of aliphatic hydroxyl groups is 1. The zero-order valence-electron chi connectivity index (χ0n) is 5.36. The second-order valence-electron chi connectivity index (χ2n) is 2.37. The Labute approximate surface area is 54.2 Å². The van der Waals surface area contributed by atoms with Crippen LogP contribution in [-0.2, 0) is 0 Å². The molecule has 1 saturated carbocycles. The van der Waals surface area contributed by atoms with Gasteiger partial charge in [-0.25, -0.2) is 4.39 Å². The molecule has 0 saturated heterocycles. The van der Waals surface area contributed by atoms with Crippen molar-refractivity contribution in [3.05, 3.63) is 11.4 Å². The van der Waals surface area contributed by atoms with Gasteiger partial charge in [-0.1, -0.05) is 0 Å². The Morgan fingerprint density at radius 3 is 2.44 bits per heavy atom. The van der Waals surface area contributed by atoms with Crippen molar-refractivity contribution in [2.45, 2.75) is 25.7 Å². The van der Waals surface area contributed by atoms with Gasteiger partial charge in [-0.05, 0) is 31.3 Å². The quantitative estimate of drug-likeness (QED) is 0.573. The van der Waals surface area contributed by atoms with Crippen molar-refractivity contribution in [3.8, 4) is 0 Å². The molecule has 0 amide bonds. The number of halogens is 1. The maximum atomic E-state index is 12.5. The molecule has 52 valence electrons. The third-order valence-corrected chi connectivity index (χ3v) is 1.73. The van der Waals surface area contributed by atoms with E-state index in [2.05, 4.69) is 0 Å². The first kappa shape index (κ1) is 6.75. The number of hydrogen-bond acceptors (Lipinski definition) is 1. The van der Waals surface area contributed by atoms with Gasteiger partial charge in [0.25, 0.3) is 0 Å². The van der Waals surface area contributed by atoms with Crippen molar-refractivity contribution >= 4 is 0 Å². The third-order valence-electron chi connectivity index (χ3n) is 1.73. The number of aliphatic hydroxyl groups excluding tert-OH is 1. The van der Waals surface area contributed by atoms with E-state index >= 15 is 0 Å². The molecule has 0 aromatic carbocycles. The molecule has 0 spiro atoms. The average Bonchev–Trinajstić information content (AvgIpc) is 2.37. The highest BCUT2D eigenvalue weighted by Gasteiger charge is 2.10. The van der Waals surface area contributed by atoms with Crippen molar-refractivity contribution in [2.24, 2.45) is 0 Å². The van der Waals surface area contributed by atoms with Gasteiger partial charge in [-0.3, -0.25) is 0 Å². The average molecular weight is 130 g/mol. The Kier molecular flexibility index (Phi) is 2.22. The lowest BCUT2D eigenvalue weighted by atomic mass is 10.2. The highest BCUT2D eigenvalue weighted by atomic mass is 19.1. The zero-order valence-corrected chi connectivity index (χ0v) is 5.36. The van der Waals surface area contributed by atoms with E-state index in [9.17, 15) is 4.39 Å². The van der Waals surface area contributed by atoms with Crippen LogP contribution in [0, 0.1) is 0 Å². The first-order valence-electron chi connectivity index (χ1n) is 3.32. The summed E-state index contributed by atoms with van der Waals surface area (Å²) in [6.45, 7) is -0.407. The molecule has 0 atom stereocenters. The first-order chi connectivity index (χ1) is 4.34. The monoisotopic (exact) mass is 130 g/mol. The van der Waals surface area contributed by atoms with Crippen molar-refractivity contribution in [1.82, 2.24) is 0 Å². The van der Waals surface area contributed by atoms with E-state index in [1.165, 1.54) is 0 Å². The molecule has 1 nitrogen and oxygen atoms in total. The van der Waals surface area contributed by atoms with Crippen LogP contribution < -0.4 is 0 Å². The van der Waals surface area contributed by atoms with Crippen LogP contribution in [0.2, 0.25) is 0 Å². The largest absolute Gasteiger partial charge is 0.389 e. The van der Waals surface area contributed by atoms with Crippen LogP contribution in [0.15, 0.2) is 11.4 Å². The Morgan fingerprint density at radius 1 is 1.44 bits per heavy atom. The number of hydrogen-bond donors (Lipinski definition) is 1. The summed E-state index contributed by atoms with van der Waals surface area (Å²) >= 11 is 0. The lowest BCUT2D eigenvalue weighted by molar-refractivity contribution is 0.295. The molecular weight excluding hydrogens is 119 g/mol. The molecule has 0 radical (unpaired) electrons. The van der Waals surface area contributed by atoms with E-state index in [-0.39, 0.29) is 5.83 Å². The van der Waals surface area contributed by atoms with Crippen molar-refractivity contribution in [2.75, 3.05) is 6.61 Å². The van der Waals surface area contributed by atoms with Crippen LogP contribution in [0.1, 0.15) is 25.7 Å². The Hall–Kier alpha value is -0.370. The van der Waals surface area contributed by atoms with Gasteiger partial charge < -0.3 is 5.11 Å². The molecule has 9 heavy (non-hydrogen) atoms. The van der Waals surface area contributed by atoms with E-state index in [1.807, 2.05) is 0 Å². The number of allylic oxidation sites excluding steroid dienone is 1. The van der Waals surface area contributed by atoms with Gasteiger partial charge in [0.15, 0.2) is 0 Å². The minimum Gasteiger partial charge on any atom is -0.389 e. The summed E-state index contributed by atoms with van der Waals surface area (Å²) < 4.78 is 12.5. The van der Waals surface area contributed by atoms with E-state index in [0.29, 0.717) is 0 Å². The Morgan fingerprint density at radius 2 is 2.00 bits per heavy atom. The molecule has 0 aromatic rings. The van der Waals surface area contributed by atoms with Crippen molar-refractivity contribution in [3.63, 3.8) is 0 Å². The summed E-state index contributed by atoms with van der Waals surface area (Å²) in [6, 6.07) is 0. The van der Waals surface area contributed by atoms with Gasteiger partial charge in [-0.2, -0.15) is 0 Å². The molecule has 0 aromatic heterocycles. The van der Waals surface area contributed by atoms with Crippen LogP contribution in [0.4, 0.5) is 4.39 Å². The molecule has 0 heterocycles. The summed E-state index contributed by atoms with van der Waals surface area (Å²) in [7, 11) is 0. The fourth-order valence-corrected chi connectivity index (χ4v) is 1.18. The summed E-state index contributed by atoms with van der Waals surface area (Å²) in [5, 5.41) is 8.36. The maximum Gasteiger partial charge on any atom is 0.124 e. The van der Waals surface area contributed by atoms with Crippen LogP contribution >= 0.6 is 0 Å². The lowest BCUT2D eigenvalue weighted by Crippen LogP contribution is -1.86. The summed E-state index contributed by atoms with van der Waals surface area (Å²) in [4.78, 5) is 0. The predicted octanol–water partition coefficient (Wildman–Crippen LogP) is 1.78. The lowest BCUT2D eigenvalue weighted by Gasteiger charge is -1.95. The van der Waals surface area contributed by atoms with Gasteiger partial charge in [0.1, 0.15) is 5.83 Å². The molecule has 1 fully saturated rings. The Bertz CT molecular complexity index is 121. The molecule has 0 aliphatic heterocycles. The zero-order chi connectivity index (χ0) is 6.69. The van der Waals surface area contributed by atoms with Gasteiger partial charge in [0.05, 0.1) is 6.61 Å². The molecule has 2 heteroatoms. The molecule has 0 unspecified atom stereocenters. The molecular formula is C7H11FO. The minimum atomic E-state index is -0.407. The minimum absolute atomic E-state index is 0.299.